The van der Waals surface area contributed by atoms with Crippen molar-refractivity contribution in [3.63, 3.8) is 0 Å². The third-order valence-corrected chi connectivity index (χ3v) is 4.92. The van der Waals surface area contributed by atoms with Crippen LogP contribution in [-0.2, 0) is 0 Å². The Bertz CT molecular complexity index is 1080. The number of pyridine rings is 1. The number of Topliss-reactive ketones (excluding diaryl/α,β-unsaturated/α-hetero) is 1. The Morgan fingerprint density at radius 1 is 1.17 bits per heavy atom. The fraction of sp³-hybridized carbons (Fsp3) is 0.292. The van der Waals surface area contributed by atoms with Crippen molar-refractivity contribution < 1.29 is 9.53 Å². The van der Waals surface area contributed by atoms with Gasteiger partial charge in [0.2, 0.25) is 0 Å². The number of nitrogens with zero attached hydrogens (tertiary/aromatic N) is 2. The number of anilines is 1. The second kappa shape index (κ2) is 9.20. The largest absolute Gasteiger partial charge is 0.497 e. The van der Waals surface area contributed by atoms with Crippen molar-refractivity contribution in [2.45, 2.75) is 33.1 Å². The molecule has 0 amide bonds. The second-order valence-electron chi connectivity index (χ2n) is 7.18. The lowest BCUT2D eigenvalue weighted by atomic mass is 10.0. The van der Waals surface area contributed by atoms with Crippen LogP contribution in [0.4, 0.5) is 5.82 Å². The number of carbonyl (C=O) groups is 1. The zero-order valence-corrected chi connectivity index (χ0v) is 17.1. The molecule has 0 saturated heterocycles. The number of rotatable bonds is 8. The van der Waals surface area contributed by atoms with Crippen LogP contribution in [0.1, 0.15) is 46.3 Å². The number of benzene rings is 2. The molecule has 29 heavy (non-hydrogen) atoms. The van der Waals surface area contributed by atoms with Gasteiger partial charge in [0.25, 0.3) is 0 Å². The third-order valence-electron chi connectivity index (χ3n) is 4.92. The third kappa shape index (κ3) is 4.91. The van der Waals surface area contributed by atoms with E-state index in [1.807, 2.05) is 44.2 Å². The molecule has 0 aliphatic heterocycles. The molecule has 3 aromatic rings. The van der Waals surface area contributed by atoms with Crippen LogP contribution in [0.5, 0.6) is 5.75 Å². The zero-order chi connectivity index (χ0) is 20.8. The van der Waals surface area contributed by atoms with Crippen LogP contribution in [0, 0.1) is 25.2 Å². The number of hydrogen-bond acceptors (Lipinski definition) is 5. The minimum absolute atomic E-state index is 0.108. The molecule has 148 valence electrons. The molecule has 0 aliphatic carbocycles. The van der Waals surface area contributed by atoms with E-state index < -0.39 is 0 Å². The molecular weight excluding hydrogens is 362 g/mol. The highest BCUT2D eigenvalue weighted by atomic mass is 16.5. The maximum absolute atomic E-state index is 12.3. The van der Waals surface area contributed by atoms with Crippen molar-refractivity contribution >= 4 is 22.5 Å². The first-order valence-electron chi connectivity index (χ1n) is 9.75. The Labute approximate surface area is 171 Å². The number of aryl methyl sites for hydroxylation is 2. The van der Waals surface area contributed by atoms with Crippen LogP contribution >= 0.6 is 0 Å². The lowest BCUT2D eigenvalue weighted by molar-refractivity contribution is 0.0979. The normalized spacial score (nSPS) is 10.6. The highest BCUT2D eigenvalue weighted by molar-refractivity contribution is 5.96. The molecule has 0 fully saturated rings. The van der Waals surface area contributed by atoms with Gasteiger partial charge in [0, 0.05) is 23.9 Å². The Kier molecular flexibility index (Phi) is 6.46. The number of unbranched alkanes of at least 4 members (excludes halogenated alkanes) is 1. The number of fused-ring (bicyclic) bond motifs is 1. The predicted molar refractivity (Wildman–Crippen MR) is 116 cm³/mol. The molecule has 0 bridgehead atoms. The molecule has 0 spiro atoms. The van der Waals surface area contributed by atoms with E-state index in [9.17, 15) is 10.1 Å². The average molecular weight is 387 g/mol. The van der Waals surface area contributed by atoms with Gasteiger partial charge in [-0.1, -0.05) is 18.2 Å². The van der Waals surface area contributed by atoms with Gasteiger partial charge in [-0.3, -0.25) is 4.79 Å². The summed E-state index contributed by atoms with van der Waals surface area (Å²) in [4.78, 5) is 17.0. The molecule has 5 heteroatoms. The average Bonchev–Trinajstić information content (AvgIpc) is 2.72. The minimum Gasteiger partial charge on any atom is -0.497 e. The highest BCUT2D eigenvalue weighted by Crippen LogP contribution is 2.24. The molecule has 0 unspecified atom stereocenters. The predicted octanol–water partition coefficient (Wildman–Crippen LogP) is 5.20. The molecule has 0 saturated carbocycles. The number of ketones is 1. The second-order valence-corrected chi connectivity index (χ2v) is 7.18. The van der Waals surface area contributed by atoms with Crippen molar-refractivity contribution in [1.29, 1.82) is 5.26 Å². The van der Waals surface area contributed by atoms with Crippen molar-refractivity contribution in [1.82, 2.24) is 4.98 Å². The summed E-state index contributed by atoms with van der Waals surface area (Å²) in [5.74, 6) is 1.40. The monoisotopic (exact) mass is 387 g/mol. The molecule has 0 radical (unpaired) electrons. The van der Waals surface area contributed by atoms with Crippen molar-refractivity contribution in [3.8, 4) is 11.8 Å². The van der Waals surface area contributed by atoms with Crippen LogP contribution < -0.4 is 10.1 Å². The van der Waals surface area contributed by atoms with E-state index in [1.165, 1.54) is 0 Å². The van der Waals surface area contributed by atoms with E-state index >= 15 is 0 Å². The number of hydrogen-bond donors (Lipinski definition) is 1. The molecule has 2 aromatic carbocycles. The Hall–Kier alpha value is -3.39. The van der Waals surface area contributed by atoms with E-state index in [0.717, 1.165) is 34.9 Å². The lowest BCUT2D eigenvalue weighted by Gasteiger charge is -2.11. The Morgan fingerprint density at radius 2 is 2.00 bits per heavy atom. The summed E-state index contributed by atoms with van der Waals surface area (Å²) >= 11 is 0. The van der Waals surface area contributed by atoms with Gasteiger partial charge in [-0.2, -0.15) is 5.26 Å². The van der Waals surface area contributed by atoms with Gasteiger partial charge in [-0.25, -0.2) is 4.98 Å². The Balaban J connectivity index is 1.58. The van der Waals surface area contributed by atoms with E-state index in [4.69, 9.17) is 4.74 Å². The van der Waals surface area contributed by atoms with Crippen molar-refractivity contribution in [3.05, 3.63) is 64.7 Å². The SMILES string of the molecule is COc1cccc(C(=O)CCCCNc2nc3cc(C)cc(C)c3cc2C#N)c1. The van der Waals surface area contributed by atoms with Gasteiger partial charge >= 0.3 is 0 Å². The number of methoxy groups -OCH3 is 1. The fourth-order valence-corrected chi connectivity index (χ4v) is 3.41. The van der Waals surface area contributed by atoms with E-state index in [2.05, 4.69) is 22.4 Å². The summed E-state index contributed by atoms with van der Waals surface area (Å²) in [6.07, 6.45) is 2.05. The van der Waals surface area contributed by atoms with Crippen LogP contribution in [0.2, 0.25) is 0 Å². The number of nitriles is 1. The van der Waals surface area contributed by atoms with Crippen molar-refractivity contribution in [2.75, 3.05) is 19.0 Å². The van der Waals surface area contributed by atoms with E-state index in [-0.39, 0.29) is 5.78 Å². The molecule has 0 aliphatic rings. The molecule has 1 N–H and O–H groups in total. The lowest BCUT2D eigenvalue weighted by Crippen LogP contribution is -2.07. The van der Waals surface area contributed by atoms with Crippen LogP contribution in [0.3, 0.4) is 0 Å². The van der Waals surface area contributed by atoms with Crippen LogP contribution in [0.25, 0.3) is 10.9 Å². The summed E-state index contributed by atoms with van der Waals surface area (Å²) in [6.45, 7) is 4.73. The maximum Gasteiger partial charge on any atom is 0.163 e. The van der Waals surface area contributed by atoms with Gasteiger partial charge in [-0.05, 0) is 62.1 Å². The number of nitrogens with one attached hydrogen (secondary N) is 1. The number of carbonyl (C=O) groups excluding carboxylic acids is 1. The Morgan fingerprint density at radius 3 is 2.76 bits per heavy atom. The number of ether oxygens (including phenoxy) is 1. The van der Waals surface area contributed by atoms with E-state index in [0.29, 0.717) is 35.7 Å². The molecule has 3 rings (SSSR count). The first-order valence-corrected chi connectivity index (χ1v) is 9.75. The summed E-state index contributed by atoms with van der Waals surface area (Å²) in [7, 11) is 1.59. The zero-order valence-electron chi connectivity index (χ0n) is 17.1. The van der Waals surface area contributed by atoms with E-state index in [1.54, 1.807) is 13.2 Å². The maximum atomic E-state index is 12.3. The van der Waals surface area contributed by atoms with Crippen LogP contribution in [0.15, 0.2) is 42.5 Å². The van der Waals surface area contributed by atoms with Gasteiger partial charge in [0.05, 0.1) is 18.2 Å². The summed E-state index contributed by atoms with van der Waals surface area (Å²) in [6, 6.07) is 15.5. The summed E-state index contributed by atoms with van der Waals surface area (Å²) < 4.78 is 5.17. The quantitative estimate of drug-likeness (QED) is 0.425. The first-order chi connectivity index (χ1) is 14.0. The highest BCUT2D eigenvalue weighted by Gasteiger charge is 2.10. The first kappa shape index (κ1) is 20.3. The smallest absolute Gasteiger partial charge is 0.163 e. The van der Waals surface area contributed by atoms with Gasteiger partial charge < -0.3 is 10.1 Å². The minimum atomic E-state index is 0.108. The molecule has 0 atom stereocenters. The summed E-state index contributed by atoms with van der Waals surface area (Å²) in [5, 5.41) is 13.7. The van der Waals surface area contributed by atoms with Crippen molar-refractivity contribution in [2.24, 2.45) is 0 Å². The molecule has 1 aromatic heterocycles. The van der Waals surface area contributed by atoms with Crippen LogP contribution in [-0.4, -0.2) is 24.4 Å². The molecule has 5 nitrogen and oxygen atoms in total. The standard InChI is InChI=1S/C24H25N3O2/c1-16-11-17(2)21-14-19(15-25)24(27-22(21)12-16)26-10-5-4-9-23(28)18-7-6-8-20(13-18)29-3/h6-8,11-14H,4-5,9-10H2,1-3H3,(H,26,27). The fourth-order valence-electron chi connectivity index (χ4n) is 3.41. The van der Waals surface area contributed by atoms with Gasteiger partial charge in [-0.15, -0.1) is 0 Å². The van der Waals surface area contributed by atoms with Gasteiger partial charge in [0.15, 0.2) is 5.78 Å². The molecule has 1 heterocycles. The summed E-state index contributed by atoms with van der Waals surface area (Å²) in [5.41, 5.74) is 4.36. The topological polar surface area (TPSA) is 75.0 Å². The number of aromatic nitrogens is 1. The van der Waals surface area contributed by atoms with Gasteiger partial charge in [0.1, 0.15) is 17.6 Å². The molecular formula is C24H25N3O2.